The zero-order valence-electron chi connectivity index (χ0n) is 10.7. The Morgan fingerprint density at radius 2 is 2.00 bits per heavy atom. The number of aromatic carboxylic acids is 1. The molecule has 0 saturated carbocycles. The number of anilines is 1. The maximum Gasteiger partial charge on any atom is 0.337 e. The summed E-state index contributed by atoms with van der Waals surface area (Å²) in [6.07, 6.45) is 0. The van der Waals surface area contributed by atoms with Crippen LogP contribution in [-0.2, 0) is 0 Å². The van der Waals surface area contributed by atoms with Gasteiger partial charge in [-0.25, -0.2) is 4.79 Å². The van der Waals surface area contributed by atoms with E-state index < -0.39 is 5.97 Å². The molecule has 0 radical (unpaired) electrons. The van der Waals surface area contributed by atoms with Gasteiger partial charge in [-0.05, 0) is 23.8 Å². The van der Waals surface area contributed by atoms with Gasteiger partial charge in [0, 0.05) is 11.3 Å². The van der Waals surface area contributed by atoms with Gasteiger partial charge in [0.1, 0.15) is 10.4 Å². The maximum absolute atomic E-state index is 11.0. The number of fused-ring (bicyclic) bond motifs is 1. The Morgan fingerprint density at radius 1 is 1.29 bits per heavy atom. The molecule has 0 aromatic heterocycles. The van der Waals surface area contributed by atoms with Crippen LogP contribution in [0.15, 0.2) is 42.5 Å². The molecule has 0 amide bonds. The van der Waals surface area contributed by atoms with Crippen LogP contribution in [-0.4, -0.2) is 16.1 Å². The van der Waals surface area contributed by atoms with Crippen LogP contribution in [0.1, 0.15) is 26.9 Å². The second-order valence-corrected chi connectivity index (χ2v) is 5.89. The highest BCUT2D eigenvalue weighted by molar-refractivity contribution is 7.82. The van der Waals surface area contributed by atoms with Gasteiger partial charge < -0.3 is 10.0 Å². The van der Waals surface area contributed by atoms with E-state index in [1.165, 1.54) is 6.07 Å². The van der Waals surface area contributed by atoms with Gasteiger partial charge in [-0.1, -0.05) is 48.1 Å². The molecule has 1 aliphatic rings. The summed E-state index contributed by atoms with van der Waals surface area (Å²) in [6, 6.07) is 12.6. The van der Waals surface area contributed by atoms with Crippen LogP contribution < -0.4 is 4.90 Å². The van der Waals surface area contributed by atoms with Crippen LogP contribution in [0.25, 0.3) is 0 Å². The van der Waals surface area contributed by atoms with Gasteiger partial charge in [0.2, 0.25) is 0 Å². The number of carboxylic acids is 1. The van der Waals surface area contributed by atoms with E-state index in [1.54, 1.807) is 12.1 Å². The average Bonchev–Trinajstić information content (AvgIpc) is 2.71. The van der Waals surface area contributed by atoms with Crippen molar-refractivity contribution in [2.24, 2.45) is 0 Å². The number of nitrogens with zero attached hydrogens (tertiary/aromatic N) is 1. The van der Waals surface area contributed by atoms with Crippen LogP contribution in [0.5, 0.6) is 0 Å². The molecule has 2 aromatic rings. The van der Waals surface area contributed by atoms with E-state index in [4.69, 9.17) is 28.9 Å². The Kier molecular flexibility index (Phi) is 3.65. The zero-order valence-corrected chi connectivity index (χ0v) is 13.1. The van der Waals surface area contributed by atoms with Crippen molar-refractivity contribution >= 4 is 53.1 Å². The molecule has 0 aliphatic carbocycles. The number of hydrogen-bond acceptors (Lipinski definition) is 3. The topological polar surface area (TPSA) is 40.5 Å². The molecular weight excluding hydrogens is 326 g/mol. The van der Waals surface area contributed by atoms with Crippen molar-refractivity contribution in [3.63, 3.8) is 0 Å². The molecule has 0 saturated heterocycles. The minimum absolute atomic E-state index is 0.0683. The van der Waals surface area contributed by atoms with E-state index in [0.717, 1.165) is 16.8 Å². The van der Waals surface area contributed by atoms with E-state index in [1.807, 2.05) is 29.2 Å². The third-order valence-corrected chi connectivity index (χ3v) is 4.63. The minimum Gasteiger partial charge on any atom is -0.478 e. The Bertz CT molecular complexity index is 763. The molecule has 1 heterocycles. The lowest BCUT2D eigenvalue weighted by atomic mass is 10.1. The molecule has 21 heavy (non-hydrogen) atoms. The van der Waals surface area contributed by atoms with E-state index in [2.05, 4.69) is 12.6 Å². The van der Waals surface area contributed by atoms with Gasteiger partial charge in [0.05, 0.1) is 10.6 Å². The summed E-state index contributed by atoms with van der Waals surface area (Å²) in [4.78, 5) is 13.5. The van der Waals surface area contributed by atoms with E-state index >= 15 is 0 Å². The zero-order chi connectivity index (χ0) is 15.1. The SMILES string of the molecule is O=C(O)c1ccc(N2C(=S)c3ccccc3C2S)cc1Cl. The third-order valence-electron chi connectivity index (χ3n) is 3.39. The van der Waals surface area contributed by atoms with Crippen molar-refractivity contribution in [3.05, 3.63) is 64.2 Å². The quantitative estimate of drug-likeness (QED) is 0.638. The second-order valence-electron chi connectivity index (χ2n) is 4.61. The van der Waals surface area contributed by atoms with Crippen molar-refractivity contribution in [2.45, 2.75) is 5.37 Å². The lowest BCUT2D eigenvalue weighted by molar-refractivity contribution is 0.0697. The van der Waals surface area contributed by atoms with Gasteiger partial charge in [-0.3, -0.25) is 0 Å². The number of thiocarbonyl (C=S) groups is 1. The molecular formula is C15H10ClNO2S2. The molecule has 0 fully saturated rings. The van der Waals surface area contributed by atoms with Crippen LogP contribution in [0.4, 0.5) is 5.69 Å². The molecule has 3 rings (SSSR count). The van der Waals surface area contributed by atoms with E-state index in [-0.39, 0.29) is 16.0 Å². The monoisotopic (exact) mass is 335 g/mol. The lowest BCUT2D eigenvalue weighted by Crippen LogP contribution is -2.24. The Hall–Kier alpha value is -1.56. The van der Waals surface area contributed by atoms with Gasteiger partial charge in [0.25, 0.3) is 0 Å². The first-order chi connectivity index (χ1) is 10.0. The number of carbonyl (C=O) groups is 1. The van der Waals surface area contributed by atoms with Gasteiger partial charge in [-0.15, -0.1) is 12.6 Å². The number of hydrogen-bond donors (Lipinski definition) is 2. The minimum atomic E-state index is -1.05. The molecule has 3 nitrogen and oxygen atoms in total. The van der Waals surface area contributed by atoms with Crippen LogP contribution in [0, 0.1) is 0 Å². The molecule has 1 aliphatic heterocycles. The van der Waals surface area contributed by atoms with Gasteiger partial charge >= 0.3 is 5.97 Å². The Morgan fingerprint density at radius 3 is 2.62 bits per heavy atom. The van der Waals surface area contributed by atoms with Crippen molar-refractivity contribution in [2.75, 3.05) is 4.90 Å². The number of carboxylic acid groups (broad SMARTS) is 1. The number of thiol groups is 1. The summed E-state index contributed by atoms with van der Waals surface area (Å²) in [5.41, 5.74) is 2.79. The third kappa shape index (κ3) is 2.31. The second kappa shape index (κ2) is 5.33. The van der Waals surface area contributed by atoms with Crippen molar-refractivity contribution in [3.8, 4) is 0 Å². The summed E-state index contributed by atoms with van der Waals surface area (Å²) in [5, 5.41) is 9.00. The van der Waals surface area contributed by atoms with Crippen molar-refractivity contribution < 1.29 is 9.90 Å². The summed E-state index contributed by atoms with van der Waals surface area (Å²) in [7, 11) is 0. The van der Waals surface area contributed by atoms with E-state index in [9.17, 15) is 4.79 Å². The first-order valence-corrected chi connectivity index (χ1v) is 7.44. The maximum atomic E-state index is 11.0. The molecule has 0 bridgehead atoms. The smallest absolute Gasteiger partial charge is 0.337 e. The summed E-state index contributed by atoms with van der Waals surface area (Å²) in [5.74, 6) is -1.05. The Balaban J connectivity index is 2.05. The lowest BCUT2D eigenvalue weighted by Gasteiger charge is -2.24. The summed E-state index contributed by atoms with van der Waals surface area (Å²) < 4.78 is 0. The molecule has 6 heteroatoms. The molecule has 0 spiro atoms. The fourth-order valence-corrected chi connectivity index (χ4v) is 3.59. The fraction of sp³-hybridized carbons (Fsp3) is 0.0667. The summed E-state index contributed by atoms with van der Waals surface area (Å²) >= 11 is 16.2. The van der Waals surface area contributed by atoms with Crippen molar-refractivity contribution in [1.29, 1.82) is 0 Å². The molecule has 1 unspecified atom stereocenters. The molecule has 2 aromatic carbocycles. The van der Waals surface area contributed by atoms with Crippen LogP contribution in [0.2, 0.25) is 5.02 Å². The predicted octanol–water partition coefficient (Wildman–Crippen LogP) is 4.16. The highest BCUT2D eigenvalue weighted by atomic mass is 35.5. The van der Waals surface area contributed by atoms with Gasteiger partial charge in [0.15, 0.2) is 0 Å². The molecule has 106 valence electrons. The highest BCUT2D eigenvalue weighted by Crippen LogP contribution is 2.40. The fourth-order valence-electron chi connectivity index (χ4n) is 2.38. The normalized spacial score (nSPS) is 17.0. The summed E-state index contributed by atoms with van der Waals surface area (Å²) in [6.45, 7) is 0. The Labute approximate surface area is 137 Å². The predicted molar refractivity (Wildman–Crippen MR) is 90.8 cm³/mol. The number of halogens is 1. The standard InChI is InChI=1S/C15H10ClNO2S2/c16-12-7-8(5-6-11(12)15(18)19)17-13(20)9-3-1-2-4-10(9)14(17)21/h1-7,13,20H,(H,18,19). The molecule has 1 atom stereocenters. The van der Waals surface area contributed by atoms with Gasteiger partial charge in [-0.2, -0.15) is 0 Å². The first-order valence-electron chi connectivity index (χ1n) is 6.14. The van der Waals surface area contributed by atoms with E-state index in [0.29, 0.717) is 4.99 Å². The number of rotatable bonds is 2. The largest absolute Gasteiger partial charge is 0.478 e. The first kappa shape index (κ1) is 14.4. The van der Waals surface area contributed by atoms with Crippen molar-refractivity contribution in [1.82, 2.24) is 0 Å². The van der Waals surface area contributed by atoms with Crippen LogP contribution >= 0.6 is 36.4 Å². The molecule has 1 N–H and O–H groups in total. The highest BCUT2D eigenvalue weighted by Gasteiger charge is 2.32. The average molecular weight is 336 g/mol. The van der Waals surface area contributed by atoms with Crippen LogP contribution in [0.3, 0.4) is 0 Å². The number of benzene rings is 2.